The van der Waals surface area contributed by atoms with Crippen LogP contribution in [0.3, 0.4) is 0 Å². The highest BCUT2D eigenvalue weighted by molar-refractivity contribution is 6.07. The number of aromatic amines is 1. The number of hydrogen-bond acceptors (Lipinski definition) is 6. The van der Waals surface area contributed by atoms with E-state index in [9.17, 15) is 9.59 Å². The van der Waals surface area contributed by atoms with Gasteiger partial charge >= 0.3 is 5.91 Å². The normalized spacial score (nSPS) is 18.7. The SMILES string of the molecule is CC#CC(=O)N1CCCC1C(C)N1C=CN=C(N)C1=C(C)c1ccc(C(=O)Nc2cccc[nH+]2)c(OC)c1. The van der Waals surface area contributed by atoms with Gasteiger partial charge in [0.1, 0.15) is 17.1 Å². The van der Waals surface area contributed by atoms with Crippen LogP contribution in [0.5, 0.6) is 5.75 Å². The lowest BCUT2D eigenvalue weighted by atomic mass is 9.98. The average molecular weight is 514 g/mol. The number of hydrogen-bond donors (Lipinski definition) is 2. The first-order valence-corrected chi connectivity index (χ1v) is 12.5. The van der Waals surface area contributed by atoms with E-state index in [1.807, 2.05) is 42.3 Å². The Hall–Kier alpha value is -4.58. The largest absolute Gasteiger partial charge is 0.496 e. The molecule has 2 unspecified atom stereocenters. The molecule has 196 valence electrons. The summed E-state index contributed by atoms with van der Waals surface area (Å²) in [6.45, 7) is 6.40. The average Bonchev–Trinajstić information content (AvgIpc) is 3.43. The zero-order valence-electron chi connectivity index (χ0n) is 22.1. The maximum absolute atomic E-state index is 12.9. The van der Waals surface area contributed by atoms with Crippen LogP contribution in [0.2, 0.25) is 0 Å². The number of aromatic nitrogens is 1. The Morgan fingerprint density at radius 1 is 1.29 bits per heavy atom. The summed E-state index contributed by atoms with van der Waals surface area (Å²) in [7, 11) is 1.53. The van der Waals surface area contributed by atoms with E-state index in [0.717, 1.165) is 29.7 Å². The third kappa shape index (κ3) is 5.39. The Balaban J connectivity index is 1.66. The van der Waals surface area contributed by atoms with Crippen molar-refractivity contribution < 1.29 is 19.3 Å². The quantitative estimate of drug-likeness (QED) is 0.577. The van der Waals surface area contributed by atoms with Gasteiger partial charge in [0.15, 0.2) is 0 Å². The molecule has 2 aliphatic heterocycles. The second-order valence-electron chi connectivity index (χ2n) is 9.16. The van der Waals surface area contributed by atoms with Crippen LogP contribution in [0.1, 0.15) is 49.5 Å². The number of nitrogens with one attached hydrogen (secondary N) is 2. The van der Waals surface area contributed by atoms with Crippen LogP contribution in [-0.2, 0) is 4.79 Å². The fourth-order valence-electron chi connectivity index (χ4n) is 5.00. The van der Waals surface area contributed by atoms with Crippen LogP contribution in [0.25, 0.3) is 5.57 Å². The molecular weight excluding hydrogens is 480 g/mol. The number of amidine groups is 1. The van der Waals surface area contributed by atoms with E-state index in [0.29, 0.717) is 29.5 Å². The van der Waals surface area contributed by atoms with Gasteiger partial charge in [0.05, 0.1) is 31.1 Å². The Kier molecular flexibility index (Phi) is 8.12. The van der Waals surface area contributed by atoms with Crippen molar-refractivity contribution in [3.8, 4) is 17.6 Å². The second-order valence-corrected chi connectivity index (χ2v) is 9.16. The highest BCUT2D eigenvalue weighted by Crippen LogP contribution is 2.32. The molecule has 1 aromatic heterocycles. The van der Waals surface area contributed by atoms with Gasteiger partial charge in [0, 0.05) is 25.0 Å². The summed E-state index contributed by atoms with van der Waals surface area (Å²) in [4.78, 5) is 36.8. The molecule has 9 nitrogen and oxygen atoms in total. The number of amides is 2. The monoisotopic (exact) mass is 513 g/mol. The molecule has 2 amide bonds. The van der Waals surface area contributed by atoms with Crippen molar-refractivity contribution in [2.45, 2.75) is 45.7 Å². The number of carbonyl (C=O) groups is 2. The molecule has 0 bridgehead atoms. The van der Waals surface area contributed by atoms with Gasteiger partial charge in [-0.05, 0) is 68.9 Å². The van der Waals surface area contributed by atoms with Crippen molar-refractivity contribution in [1.29, 1.82) is 0 Å². The van der Waals surface area contributed by atoms with Gasteiger partial charge in [0.2, 0.25) is 0 Å². The smallest absolute Gasteiger partial charge is 0.342 e. The fourth-order valence-corrected chi connectivity index (χ4v) is 5.00. The van der Waals surface area contributed by atoms with Gasteiger partial charge < -0.3 is 20.3 Å². The predicted molar refractivity (Wildman–Crippen MR) is 147 cm³/mol. The standard InChI is InChI=1S/C29H32N6O3/c1-5-9-26(36)35-16-8-10-23(35)20(3)34-17-15-32-28(30)27(34)19(2)21-12-13-22(24(18-21)38-4)29(37)33-25-11-6-7-14-31-25/h6-7,11-15,17-18,20,23H,8,10,16H2,1-4H3,(H2,30,32)(H,31,33,37)/p+1. The first kappa shape index (κ1) is 26.5. The van der Waals surface area contributed by atoms with Crippen LogP contribution >= 0.6 is 0 Å². The Bertz CT molecular complexity index is 1370. The highest BCUT2D eigenvalue weighted by Gasteiger charge is 2.36. The van der Waals surface area contributed by atoms with Crippen LogP contribution in [0, 0.1) is 11.8 Å². The van der Waals surface area contributed by atoms with Gasteiger partial charge in [-0.2, -0.15) is 0 Å². The van der Waals surface area contributed by atoms with Crippen LogP contribution in [0.4, 0.5) is 5.82 Å². The molecule has 2 aliphatic rings. The number of ether oxygens (including phenoxy) is 1. The van der Waals surface area contributed by atoms with E-state index in [-0.39, 0.29) is 23.9 Å². The Morgan fingerprint density at radius 3 is 2.82 bits per heavy atom. The molecule has 2 atom stereocenters. The zero-order chi connectivity index (χ0) is 27.2. The molecule has 4 N–H and O–H groups in total. The molecule has 0 radical (unpaired) electrons. The molecule has 0 aliphatic carbocycles. The van der Waals surface area contributed by atoms with Crippen molar-refractivity contribution in [3.63, 3.8) is 0 Å². The highest BCUT2D eigenvalue weighted by atomic mass is 16.5. The van der Waals surface area contributed by atoms with Crippen LogP contribution in [0.15, 0.2) is 65.7 Å². The summed E-state index contributed by atoms with van der Waals surface area (Å²) in [6.07, 6.45) is 7.10. The minimum absolute atomic E-state index is 0.0166. The number of carbonyl (C=O) groups excluding carboxylic acids is 2. The Labute approximate surface area is 223 Å². The molecule has 2 aromatic rings. The van der Waals surface area contributed by atoms with Crippen LogP contribution in [-0.4, -0.2) is 53.2 Å². The number of methoxy groups -OCH3 is 1. The molecular formula is C29H33N6O3+. The fraction of sp³-hybridized carbons (Fsp3) is 0.310. The number of nitrogens with two attached hydrogens (primary N) is 1. The van der Waals surface area contributed by atoms with E-state index in [2.05, 4.69) is 39.0 Å². The molecule has 38 heavy (non-hydrogen) atoms. The van der Waals surface area contributed by atoms with Crippen LogP contribution < -0.4 is 20.8 Å². The third-order valence-corrected chi connectivity index (χ3v) is 6.92. The van der Waals surface area contributed by atoms with E-state index in [1.54, 1.807) is 31.5 Å². The molecule has 1 saturated heterocycles. The topological polar surface area (TPSA) is 114 Å². The number of likely N-dealkylation sites (tertiary alicyclic amines) is 1. The summed E-state index contributed by atoms with van der Waals surface area (Å²) < 4.78 is 5.59. The molecule has 1 fully saturated rings. The number of H-pyrrole nitrogens is 1. The molecule has 1 aromatic carbocycles. The molecule has 9 heteroatoms. The lowest BCUT2D eigenvalue weighted by Gasteiger charge is -2.38. The van der Waals surface area contributed by atoms with Crippen molar-refractivity contribution in [2.24, 2.45) is 10.7 Å². The van der Waals surface area contributed by atoms with Gasteiger partial charge in [-0.1, -0.05) is 18.1 Å². The van der Waals surface area contributed by atoms with E-state index < -0.39 is 0 Å². The van der Waals surface area contributed by atoms with E-state index in [1.165, 1.54) is 7.11 Å². The zero-order valence-corrected chi connectivity index (χ0v) is 22.1. The maximum atomic E-state index is 12.9. The van der Waals surface area contributed by atoms with Crippen molar-refractivity contribution in [1.82, 2.24) is 9.80 Å². The van der Waals surface area contributed by atoms with Crippen molar-refractivity contribution >= 4 is 29.0 Å². The molecule has 0 spiro atoms. The number of aliphatic imine (C=N–C) groups is 1. The first-order valence-electron chi connectivity index (χ1n) is 12.5. The number of pyridine rings is 1. The third-order valence-electron chi connectivity index (χ3n) is 6.92. The minimum Gasteiger partial charge on any atom is -0.496 e. The maximum Gasteiger partial charge on any atom is 0.342 e. The molecule has 4 rings (SSSR count). The number of anilines is 1. The summed E-state index contributed by atoms with van der Waals surface area (Å²) in [6, 6.07) is 10.8. The van der Waals surface area contributed by atoms with Crippen molar-refractivity contribution in [2.75, 3.05) is 19.0 Å². The first-order chi connectivity index (χ1) is 18.3. The summed E-state index contributed by atoms with van der Waals surface area (Å²) in [5.41, 5.74) is 9.27. The number of rotatable bonds is 6. The summed E-state index contributed by atoms with van der Waals surface area (Å²) in [5.74, 6) is 6.33. The van der Waals surface area contributed by atoms with E-state index >= 15 is 0 Å². The minimum atomic E-state index is -0.292. The lowest BCUT2D eigenvalue weighted by molar-refractivity contribution is -0.360. The molecule has 3 heterocycles. The van der Waals surface area contributed by atoms with E-state index in [4.69, 9.17) is 10.5 Å². The second kappa shape index (κ2) is 11.6. The van der Waals surface area contributed by atoms with Crippen molar-refractivity contribution in [3.05, 3.63) is 71.8 Å². The Morgan fingerprint density at radius 2 is 2.11 bits per heavy atom. The summed E-state index contributed by atoms with van der Waals surface area (Å²) in [5, 5.41) is 2.84. The van der Waals surface area contributed by atoms with Gasteiger partial charge in [0.25, 0.3) is 11.7 Å². The number of allylic oxidation sites excluding steroid dienone is 1. The molecule has 0 saturated carbocycles. The number of benzene rings is 1. The van der Waals surface area contributed by atoms with Gasteiger partial charge in [-0.25, -0.2) is 20.1 Å². The number of nitrogens with zero attached hydrogens (tertiary/aromatic N) is 3. The predicted octanol–water partition coefficient (Wildman–Crippen LogP) is 3.04. The summed E-state index contributed by atoms with van der Waals surface area (Å²) >= 11 is 0. The lowest BCUT2D eigenvalue weighted by Crippen LogP contribution is -2.49. The van der Waals surface area contributed by atoms with Gasteiger partial charge in [-0.15, -0.1) is 0 Å². The van der Waals surface area contributed by atoms with Gasteiger partial charge in [-0.3, -0.25) is 4.79 Å².